The summed E-state index contributed by atoms with van der Waals surface area (Å²) < 4.78 is 18.2. The quantitative estimate of drug-likeness (QED) is 0.653. The van der Waals surface area contributed by atoms with Gasteiger partial charge in [-0.2, -0.15) is 0 Å². The maximum Gasteiger partial charge on any atom is 0.152 e. The molecular weight excluding hydrogens is 157 g/mol. The third-order valence-corrected chi connectivity index (χ3v) is 1.86. The van der Waals surface area contributed by atoms with Crippen LogP contribution in [0.1, 0.15) is 11.1 Å². The third kappa shape index (κ3) is 1.22. The summed E-state index contributed by atoms with van der Waals surface area (Å²) in [5, 5.41) is 0. The van der Waals surface area contributed by atoms with Crippen LogP contribution in [0.5, 0.6) is 5.75 Å². The Hall–Kier alpha value is -1.25. The van der Waals surface area contributed by atoms with E-state index in [1.54, 1.807) is 13.0 Å². The van der Waals surface area contributed by atoms with E-state index in [-0.39, 0.29) is 5.69 Å². The minimum absolute atomic E-state index is 0.172. The van der Waals surface area contributed by atoms with Gasteiger partial charge in [-0.15, -0.1) is 0 Å². The summed E-state index contributed by atoms with van der Waals surface area (Å²) in [6.45, 7) is 3.49. The summed E-state index contributed by atoms with van der Waals surface area (Å²) in [5.41, 5.74) is 6.91. The summed E-state index contributed by atoms with van der Waals surface area (Å²) in [6, 6.07) is 1.57. The van der Waals surface area contributed by atoms with Gasteiger partial charge >= 0.3 is 0 Å². The zero-order valence-electron chi connectivity index (χ0n) is 7.44. The summed E-state index contributed by atoms with van der Waals surface area (Å²) in [7, 11) is 1.52. The van der Waals surface area contributed by atoms with Gasteiger partial charge in [0.1, 0.15) is 5.75 Å². The van der Waals surface area contributed by atoms with Crippen LogP contribution in [0.2, 0.25) is 0 Å². The number of hydrogen-bond acceptors (Lipinski definition) is 2. The molecule has 0 fully saturated rings. The van der Waals surface area contributed by atoms with Gasteiger partial charge in [0.2, 0.25) is 0 Å². The Kier molecular flexibility index (Phi) is 2.22. The first-order valence-electron chi connectivity index (χ1n) is 3.67. The second kappa shape index (κ2) is 3.01. The van der Waals surface area contributed by atoms with Crippen LogP contribution in [0.4, 0.5) is 10.1 Å². The first kappa shape index (κ1) is 8.84. The third-order valence-electron chi connectivity index (χ3n) is 1.86. The highest BCUT2D eigenvalue weighted by atomic mass is 19.1. The van der Waals surface area contributed by atoms with E-state index in [4.69, 9.17) is 10.5 Å². The molecule has 2 N–H and O–H groups in total. The highest BCUT2D eigenvalue weighted by molar-refractivity contribution is 5.53. The molecule has 1 aromatic rings. The predicted octanol–water partition coefficient (Wildman–Crippen LogP) is 2.03. The van der Waals surface area contributed by atoms with E-state index < -0.39 is 5.82 Å². The summed E-state index contributed by atoms with van der Waals surface area (Å²) >= 11 is 0. The lowest BCUT2D eigenvalue weighted by Crippen LogP contribution is -1.99. The molecule has 0 atom stereocenters. The molecule has 0 aromatic heterocycles. The Morgan fingerprint density at radius 3 is 2.50 bits per heavy atom. The van der Waals surface area contributed by atoms with Crippen molar-refractivity contribution in [2.24, 2.45) is 0 Å². The smallest absolute Gasteiger partial charge is 0.152 e. The fourth-order valence-electron chi connectivity index (χ4n) is 1.29. The molecule has 0 heterocycles. The molecular formula is C9H12FNO. The Morgan fingerprint density at radius 2 is 2.00 bits per heavy atom. The number of benzene rings is 1. The maximum absolute atomic E-state index is 13.2. The van der Waals surface area contributed by atoms with Gasteiger partial charge in [-0.05, 0) is 25.5 Å². The van der Waals surface area contributed by atoms with Gasteiger partial charge in [-0.25, -0.2) is 4.39 Å². The van der Waals surface area contributed by atoms with Crippen LogP contribution in [0, 0.1) is 19.7 Å². The molecule has 0 aliphatic heterocycles. The van der Waals surface area contributed by atoms with Crippen LogP contribution in [0.25, 0.3) is 0 Å². The number of nitrogen functional groups attached to an aromatic ring is 1. The average Bonchev–Trinajstić information content (AvgIpc) is 2.01. The van der Waals surface area contributed by atoms with Gasteiger partial charge in [-0.3, -0.25) is 0 Å². The lowest BCUT2D eigenvalue weighted by Gasteiger charge is -2.10. The van der Waals surface area contributed by atoms with Crippen molar-refractivity contribution in [2.75, 3.05) is 12.8 Å². The summed E-state index contributed by atoms with van der Waals surface area (Å²) in [4.78, 5) is 0. The summed E-state index contributed by atoms with van der Waals surface area (Å²) in [6.07, 6.45) is 0. The molecule has 0 bridgehead atoms. The van der Waals surface area contributed by atoms with Crippen LogP contribution < -0.4 is 10.5 Å². The lowest BCUT2D eigenvalue weighted by molar-refractivity contribution is 0.404. The molecule has 1 rings (SSSR count). The van der Waals surface area contributed by atoms with Crippen LogP contribution in [-0.4, -0.2) is 7.11 Å². The van der Waals surface area contributed by atoms with Gasteiger partial charge < -0.3 is 10.5 Å². The van der Waals surface area contributed by atoms with E-state index in [0.29, 0.717) is 11.3 Å². The number of methoxy groups -OCH3 is 1. The fourth-order valence-corrected chi connectivity index (χ4v) is 1.29. The molecule has 2 nitrogen and oxygen atoms in total. The molecule has 0 amide bonds. The van der Waals surface area contributed by atoms with E-state index in [1.165, 1.54) is 7.11 Å². The van der Waals surface area contributed by atoms with Gasteiger partial charge in [0.05, 0.1) is 12.8 Å². The van der Waals surface area contributed by atoms with E-state index in [1.807, 2.05) is 6.92 Å². The van der Waals surface area contributed by atoms with Crippen LogP contribution in [0.15, 0.2) is 6.07 Å². The molecule has 66 valence electrons. The maximum atomic E-state index is 13.2. The Labute approximate surface area is 71.1 Å². The van der Waals surface area contributed by atoms with Crippen molar-refractivity contribution < 1.29 is 9.13 Å². The van der Waals surface area contributed by atoms with Crippen molar-refractivity contribution in [3.63, 3.8) is 0 Å². The average molecular weight is 169 g/mol. The van der Waals surface area contributed by atoms with Gasteiger partial charge in [-0.1, -0.05) is 0 Å². The number of halogens is 1. The van der Waals surface area contributed by atoms with Crippen molar-refractivity contribution in [3.8, 4) is 5.75 Å². The normalized spacial score (nSPS) is 10.0. The molecule has 0 saturated heterocycles. The van der Waals surface area contributed by atoms with E-state index in [2.05, 4.69) is 0 Å². The van der Waals surface area contributed by atoms with Crippen molar-refractivity contribution in [2.45, 2.75) is 13.8 Å². The van der Waals surface area contributed by atoms with Crippen molar-refractivity contribution in [1.82, 2.24) is 0 Å². The Balaban J connectivity index is 3.40. The van der Waals surface area contributed by atoms with Crippen LogP contribution in [-0.2, 0) is 0 Å². The van der Waals surface area contributed by atoms with Crippen LogP contribution in [0.3, 0.4) is 0 Å². The largest absolute Gasteiger partial charge is 0.496 e. The van der Waals surface area contributed by atoms with Gasteiger partial charge in [0, 0.05) is 5.56 Å². The van der Waals surface area contributed by atoms with Crippen LogP contribution >= 0.6 is 0 Å². The molecule has 0 spiro atoms. The molecule has 0 unspecified atom stereocenters. The molecule has 0 saturated carbocycles. The topological polar surface area (TPSA) is 35.2 Å². The van der Waals surface area contributed by atoms with E-state index in [9.17, 15) is 4.39 Å². The minimum atomic E-state index is -0.391. The highest BCUT2D eigenvalue weighted by Crippen LogP contribution is 2.28. The molecule has 0 radical (unpaired) electrons. The first-order valence-corrected chi connectivity index (χ1v) is 3.67. The number of aryl methyl sites for hydroxylation is 1. The number of anilines is 1. The number of rotatable bonds is 1. The van der Waals surface area contributed by atoms with Gasteiger partial charge in [0.25, 0.3) is 0 Å². The minimum Gasteiger partial charge on any atom is -0.496 e. The number of nitrogens with two attached hydrogens (primary N) is 1. The van der Waals surface area contributed by atoms with Crippen molar-refractivity contribution >= 4 is 5.69 Å². The Morgan fingerprint density at radius 1 is 1.42 bits per heavy atom. The summed E-state index contributed by atoms with van der Waals surface area (Å²) in [5.74, 6) is 0.180. The standard InChI is InChI=1S/C9H12FNO/c1-5-4-7(11)8(10)6(2)9(5)12-3/h4H,11H2,1-3H3. The zero-order chi connectivity index (χ0) is 9.30. The van der Waals surface area contributed by atoms with E-state index >= 15 is 0 Å². The van der Waals surface area contributed by atoms with Gasteiger partial charge in [0.15, 0.2) is 5.82 Å². The van der Waals surface area contributed by atoms with Crippen molar-refractivity contribution in [3.05, 3.63) is 23.0 Å². The number of ether oxygens (including phenoxy) is 1. The predicted molar refractivity (Wildman–Crippen MR) is 46.8 cm³/mol. The lowest BCUT2D eigenvalue weighted by atomic mass is 10.1. The molecule has 12 heavy (non-hydrogen) atoms. The SMILES string of the molecule is COc1c(C)cc(N)c(F)c1C. The molecule has 3 heteroatoms. The fraction of sp³-hybridized carbons (Fsp3) is 0.333. The molecule has 0 aliphatic rings. The number of hydrogen-bond donors (Lipinski definition) is 1. The molecule has 1 aromatic carbocycles. The second-order valence-electron chi connectivity index (χ2n) is 2.75. The Bertz CT molecular complexity index is 310. The monoisotopic (exact) mass is 169 g/mol. The highest BCUT2D eigenvalue weighted by Gasteiger charge is 2.10. The first-order chi connectivity index (χ1) is 5.57. The zero-order valence-corrected chi connectivity index (χ0v) is 7.44. The second-order valence-corrected chi connectivity index (χ2v) is 2.75. The molecule has 0 aliphatic carbocycles. The van der Waals surface area contributed by atoms with E-state index in [0.717, 1.165) is 5.56 Å². The van der Waals surface area contributed by atoms with Crippen molar-refractivity contribution in [1.29, 1.82) is 0 Å².